The Labute approximate surface area is 95.0 Å². The summed E-state index contributed by atoms with van der Waals surface area (Å²) in [6.07, 6.45) is 2.32. The van der Waals surface area contributed by atoms with Crippen molar-refractivity contribution in [2.75, 3.05) is 6.54 Å². The predicted octanol–water partition coefficient (Wildman–Crippen LogP) is 1.58. The number of Topliss-reactive ketones (excluding diaryl/α,β-unsaturated/α-hetero) is 1. The molecule has 0 spiro atoms. The van der Waals surface area contributed by atoms with Gasteiger partial charge in [-0.2, -0.15) is 5.06 Å². The highest BCUT2D eigenvalue weighted by atomic mass is 16.7. The molecule has 1 unspecified atom stereocenters. The van der Waals surface area contributed by atoms with Gasteiger partial charge < -0.3 is 0 Å². The lowest BCUT2D eigenvalue weighted by molar-refractivity contribution is -0.188. The molecule has 3 rings (SSSR count). The number of fused-ring (bicyclic) bond motifs is 2. The van der Waals surface area contributed by atoms with Crippen LogP contribution in [-0.2, 0) is 16.1 Å². The van der Waals surface area contributed by atoms with E-state index in [1.54, 1.807) is 0 Å². The maximum absolute atomic E-state index is 11.5. The fourth-order valence-electron chi connectivity index (χ4n) is 2.54. The van der Waals surface area contributed by atoms with Gasteiger partial charge >= 0.3 is 0 Å². The van der Waals surface area contributed by atoms with E-state index < -0.39 is 0 Å². The molecule has 2 bridgehead atoms. The molecular weight excluding hydrogens is 202 g/mol. The van der Waals surface area contributed by atoms with Gasteiger partial charge in [0, 0.05) is 25.4 Å². The number of hydroxylamine groups is 2. The van der Waals surface area contributed by atoms with Crippen LogP contribution >= 0.6 is 0 Å². The van der Waals surface area contributed by atoms with Crippen LogP contribution in [0.1, 0.15) is 18.4 Å². The average Bonchev–Trinajstić information content (AvgIpc) is 2.65. The Balaban J connectivity index is 1.71. The van der Waals surface area contributed by atoms with E-state index in [4.69, 9.17) is 4.84 Å². The Kier molecular flexibility index (Phi) is 2.50. The Morgan fingerprint density at radius 1 is 1.31 bits per heavy atom. The molecule has 0 aromatic heterocycles. The van der Waals surface area contributed by atoms with Crippen molar-refractivity contribution in [1.82, 2.24) is 5.06 Å². The Bertz CT molecular complexity index is 390. The highest BCUT2D eigenvalue weighted by Gasteiger charge is 2.40. The summed E-state index contributed by atoms with van der Waals surface area (Å²) < 4.78 is 0. The quantitative estimate of drug-likeness (QED) is 0.753. The van der Waals surface area contributed by atoms with E-state index in [1.807, 2.05) is 11.1 Å². The highest BCUT2D eigenvalue weighted by Crippen LogP contribution is 2.29. The first-order valence-corrected chi connectivity index (χ1v) is 5.83. The molecule has 3 heteroatoms. The van der Waals surface area contributed by atoms with Crippen LogP contribution < -0.4 is 0 Å². The zero-order chi connectivity index (χ0) is 11.0. The molecule has 16 heavy (non-hydrogen) atoms. The van der Waals surface area contributed by atoms with Crippen molar-refractivity contribution in [3.8, 4) is 0 Å². The summed E-state index contributed by atoms with van der Waals surface area (Å²) in [4.78, 5) is 17.1. The van der Waals surface area contributed by atoms with Crippen molar-refractivity contribution in [3.05, 3.63) is 35.9 Å². The van der Waals surface area contributed by atoms with Gasteiger partial charge in [-0.05, 0) is 12.0 Å². The predicted molar refractivity (Wildman–Crippen MR) is 59.8 cm³/mol. The second-order valence-corrected chi connectivity index (χ2v) is 4.53. The second-order valence-electron chi connectivity index (χ2n) is 4.53. The number of ketones is 1. The van der Waals surface area contributed by atoms with Crippen molar-refractivity contribution < 1.29 is 9.63 Å². The molecule has 2 saturated heterocycles. The van der Waals surface area contributed by atoms with Gasteiger partial charge in [0.15, 0.2) is 5.78 Å². The fraction of sp³-hybridized carbons (Fsp3) is 0.462. The summed E-state index contributed by atoms with van der Waals surface area (Å²) in [6, 6.07) is 10.8. The third kappa shape index (κ3) is 1.77. The molecule has 3 nitrogen and oxygen atoms in total. The minimum Gasteiger partial charge on any atom is -0.297 e. The average molecular weight is 217 g/mol. The number of hydrogen-bond donors (Lipinski definition) is 0. The summed E-state index contributed by atoms with van der Waals surface area (Å²) in [5.74, 6) is 0.270. The van der Waals surface area contributed by atoms with Crippen molar-refractivity contribution >= 4 is 5.78 Å². The minimum absolute atomic E-state index is 0.164. The minimum atomic E-state index is -0.164. The lowest BCUT2D eigenvalue weighted by Crippen LogP contribution is -2.36. The van der Waals surface area contributed by atoms with Crippen LogP contribution in [0, 0.1) is 0 Å². The van der Waals surface area contributed by atoms with Gasteiger partial charge in [0.05, 0.1) is 0 Å². The van der Waals surface area contributed by atoms with Gasteiger partial charge in [-0.25, -0.2) is 0 Å². The summed E-state index contributed by atoms with van der Waals surface area (Å²) in [7, 11) is 0. The normalized spacial score (nSPS) is 33.0. The third-order valence-corrected chi connectivity index (χ3v) is 3.41. The van der Waals surface area contributed by atoms with E-state index in [0.717, 1.165) is 19.4 Å². The first-order valence-electron chi connectivity index (χ1n) is 5.83. The van der Waals surface area contributed by atoms with Crippen LogP contribution in [0.4, 0.5) is 0 Å². The molecular formula is C13H15NO2. The third-order valence-electron chi connectivity index (χ3n) is 3.41. The van der Waals surface area contributed by atoms with E-state index in [1.165, 1.54) is 5.56 Å². The standard InChI is InChI=1S/C13H15NO2/c15-12-6-7-14-11(9-13(12)16-14)8-10-4-2-1-3-5-10/h1-5,11,13H,6-9H2/t11-,13+/m0/s1. The SMILES string of the molecule is O=C1CCN2O[C@@H]1C[C@@H]2Cc1ccccc1. The van der Waals surface area contributed by atoms with Crippen LogP contribution in [0.2, 0.25) is 0 Å². The number of hydrogen-bond acceptors (Lipinski definition) is 3. The molecule has 2 heterocycles. The van der Waals surface area contributed by atoms with Crippen LogP contribution in [0.5, 0.6) is 0 Å². The topological polar surface area (TPSA) is 29.5 Å². The second kappa shape index (κ2) is 4.00. The largest absolute Gasteiger partial charge is 0.297 e. The van der Waals surface area contributed by atoms with Gasteiger partial charge in [-0.15, -0.1) is 0 Å². The number of benzene rings is 1. The fourth-order valence-corrected chi connectivity index (χ4v) is 2.54. The van der Waals surface area contributed by atoms with Crippen LogP contribution in [0.15, 0.2) is 30.3 Å². The highest BCUT2D eigenvalue weighted by molar-refractivity contribution is 5.84. The number of carbonyl (C=O) groups excluding carboxylic acids is 1. The Hall–Kier alpha value is -1.19. The molecule has 2 aliphatic heterocycles. The molecule has 0 amide bonds. The summed E-state index contributed by atoms with van der Waals surface area (Å²) >= 11 is 0. The lowest BCUT2D eigenvalue weighted by Gasteiger charge is -2.24. The summed E-state index contributed by atoms with van der Waals surface area (Å²) in [5.41, 5.74) is 1.32. The summed E-state index contributed by atoms with van der Waals surface area (Å²) in [5, 5.41) is 2.00. The van der Waals surface area contributed by atoms with Gasteiger partial charge in [0.25, 0.3) is 0 Å². The van der Waals surface area contributed by atoms with E-state index in [0.29, 0.717) is 12.5 Å². The number of nitrogens with zero attached hydrogens (tertiary/aromatic N) is 1. The summed E-state index contributed by atoms with van der Waals surface area (Å²) in [6.45, 7) is 0.757. The van der Waals surface area contributed by atoms with Crippen molar-refractivity contribution in [2.24, 2.45) is 0 Å². The Morgan fingerprint density at radius 2 is 2.12 bits per heavy atom. The lowest BCUT2D eigenvalue weighted by atomic mass is 10.0. The first kappa shape index (κ1) is 10.00. The molecule has 1 aromatic rings. The van der Waals surface area contributed by atoms with E-state index in [9.17, 15) is 4.79 Å². The smallest absolute Gasteiger partial charge is 0.165 e. The van der Waals surface area contributed by atoms with Gasteiger partial charge in [-0.3, -0.25) is 9.63 Å². The molecule has 0 N–H and O–H groups in total. The maximum Gasteiger partial charge on any atom is 0.165 e. The van der Waals surface area contributed by atoms with Crippen LogP contribution in [0.3, 0.4) is 0 Å². The van der Waals surface area contributed by atoms with Crippen LogP contribution in [-0.4, -0.2) is 29.5 Å². The molecule has 2 fully saturated rings. The van der Waals surface area contributed by atoms with Crippen molar-refractivity contribution in [1.29, 1.82) is 0 Å². The Morgan fingerprint density at radius 3 is 2.88 bits per heavy atom. The van der Waals surface area contributed by atoms with Crippen LogP contribution in [0.25, 0.3) is 0 Å². The zero-order valence-electron chi connectivity index (χ0n) is 9.13. The van der Waals surface area contributed by atoms with Crippen molar-refractivity contribution in [3.63, 3.8) is 0 Å². The molecule has 84 valence electrons. The molecule has 0 radical (unpaired) electrons. The van der Waals surface area contributed by atoms with Gasteiger partial charge in [0.1, 0.15) is 6.10 Å². The van der Waals surface area contributed by atoms with Gasteiger partial charge in [0.2, 0.25) is 0 Å². The first-order chi connectivity index (χ1) is 7.83. The molecule has 2 aliphatic rings. The molecule has 1 aromatic carbocycles. The number of carbonyl (C=O) groups is 1. The molecule has 0 saturated carbocycles. The monoisotopic (exact) mass is 217 g/mol. The molecule has 3 atom stereocenters. The van der Waals surface area contributed by atoms with E-state index >= 15 is 0 Å². The number of rotatable bonds is 2. The van der Waals surface area contributed by atoms with Gasteiger partial charge in [-0.1, -0.05) is 30.3 Å². The van der Waals surface area contributed by atoms with Crippen molar-refractivity contribution in [2.45, 2.75) is 31.4 Å². The van der Waals surface area contributed by atoms with E-state index in [2.05, 4.69) is 24.3 Å². The van der Waals surface area contributed by atoms with E-state index in [-0.39, 0.29) is 11.9 Å². The molecule has 0 aliphatic carbocycles. The maximum atomic E-state index is 11.5. The zero-order valence-corrected chi connectivity index (χ0v) is 9.13.